The molecule has 2 aromatic heterocycles. The Hall–Kier alpha value is -3.26. The van der Waals surface area contributed by atoms with E-state index in [1.807, 2.05) is 12.1 Å². The molecule has 0 bridgehead atoms. The van der Waals surface area contributed by atoms with Crippen molar-refractivity contribution in [3.8, 4) is 0 Å². The van der Waals surface area contributed by atoms with Gasteiger partial charge in [-0.05, 0) is 30.0 Å². The summed E-state index contributed by atoms with van der Waals surface area (Å²) >= 11 is 0. The summed E-state index contributed by atoms with van der Waals surface area (Å²) in [6, 6.07) is 9.63. The van der Waals surface area contributed by atoms with Gasteiger partial charge < -0.3 is 15.2 Å². The Morgan fingerprint density at radius 1 is 1.26 bits per heavy atom. The van der Waals surface area contributed by atoms with Gasteiger partial charge in [-0.25, -0.2) is 14.3 Å². The maximum Gasteiger partial charge on any atom is 0.341 e. The van der Waals surface area contributed by atoms with Crippen LogP contribution in [0.2, 0.25) is 0 Å². The minimum atomic E-state index is -1.16. The van der Waals surface area contributed by atoms with Crippen molar-refractivity contribution in [3.63, 3.8) is 0 Å². The number of methoxy groups -OCH3 is 1. The van der Waals surface area contributed by atoms with Gasteiger partial charge in [0, 0.05) is 19.3 Å². The number of hydrogen-bond donors (Lipinski definition) is 2. The topological polar surface area (TPSA) is 106 Å². The quantitative estimate of drug-likeness (QED) is 0.708. The standard InChI is InChI=1S/C19H18N4O4/c1-27-10-14-16(19(25)26)17-20-7-6-15(23(17)22-14)18(24)21-13-8-11-4-2-3-5-12(11)9-13/h2-7,13H,8-10H2,1H3,(H,21,24)(H,25,26). The molecule has 138 valence electrons. The van der Waals surface area contributed by atoms with Gasteiger partial charge in [-0.1, -0.05) is 24.3 Å². The molecule has 0 saturated carbocycles. The second-order valence-electron chi connectivity index (χ2n) is 6.47. The van der Waals surface area contributed by atoms with Gasteiger partial charge in [-0.15, -0.1) is 0 Å². The lowest BCUT2D eigenvalue weighted by atomic mass is 10.1. The highest BCUT2D eigenvalue weighted by atomic mass is 16.5. The first kappa shape index (κ1) is 17.2. The number of fused-ring (bicyclic) bond motifs is 2. The molecule has 0 radical (unpaired) electrons. The third-order valence-electron chi connectivity index (χ3n) is 4.70. The van der Waals surface area contributed by atoms with Crippen molar-refractivity contribution in [1.29, 1.82) is 0 Å². The number of rotatable bonds is 5. The number of ether oxygens (including phenoxy) is 1. The lowest BCUT2D eigenvalue weighted by Gasteiger charge is -2.12. The molecule has 0 atom stereocenters. The lowest BCUT2D eigenvalue weighted by Crippen LogP contribution is -2.36. The van der Waals surface area contributed by atoms with Crippen LogP contribution >= 0.6 is 0 Å². The number of nitrogens with one attached hydrogen (secondary N) is 1. The van der Waals surface area contributed by atoms with Crippen LogP contribution in [0.4, 0.5) is 0 Å². The van der Waals surface area contributed by atoms with Gasteiger partial charge >= 0.3 is 5.97 Å². The van der Waals surface area contributed by atoms with E-state index < -0.39 is 5.97 Å². The summed E-state index contributed by atoms with van der Waals surface area (Å²) in [5, 5.41) is 16.8. The number of nitrogens with zero attached hydrogens (tertiary/aromatic N) is 3. The van der Waals surface area contributed by atoms with Crippen LogP contribution in [0.15, 0.2) is 36.5 Å². The van der Waals surface area contributed by atoms with Gasteiger partial charge in [0.15, 0.2) is 5.65 Å². The summed E-state index contributed by atoms with van der Waals surface area (Å²) in [6.45, 7) is 0.0178. The van der Waals surface area contributed by atoms with E-state index in [9.17, 15) is 14.7 Å². The monoisotopic (exact) mass is 366 g/mol. The SMILES string of the molecule is COCc1nn2c(C(=O)NC3Cc4ccccc4C3)ccnc2c1C(=O)O. The van der Waals surface area contributed by atoms with Gasteiger partial charge in [0.05, 0.1) is 6.61 Å². The number of amides is 1. The van der Waals surface area contributed by atoms with E-state index >= 15 is 0 Å². The van der Waals surface area contributed by atoms with Crippen molar-refractivity contribution in [2.24, 2.45) is 0 Å². The highest BCUT2D eigenvalue weighted by Gasteiger charge is 2.26. The molecule has 4 rings (SSSR count). The van der Waals surface area contributed by atoms with Crippen LogP contribution in [0.25, 0.3) is 5.65 Å². The van der Waals surface area contributed by atoms with Crippen LogP contribution < -0.4 is 5.32 Å². The Labute approximate surface area is 154 Å². The maximum atomic E-state index is 12.8. The summed E-state index contributed by atoms with van der Waals surface area (Å²) < 4.78 is 6.30. The fraction of sp³-hybridized carbons (Fsp3) is 0.263. The lowest BCUT2D eigenvalue weighted by molar-refractivity contribution is 0.0693. The summed E-state index contributed by atoms with van der Waals surface area (Å²) in [4.78, 5) is 28.5. The van der Waals surface area contributed by atoms with Gasteiger partial charge in [-0.3, -0.25) is 4.79 Å². The van der Waals surface area contributed by atoms with Gasteiger partial charge in [-0.2, -0.15) is 5.10 Å². The van der Waals surface area contributed by atoms with Crippen LogP contribution in [0.1, 0.15) is 37.7 Å². The zero-order valence-electron chi connectivity index (χ0n) is 14.7. The van der Waals surface area contributed by atoms with Gasteiger partial charge in [0.25, 0.3) is 5.91 Å². The number of carboxylic acids is 1. The Balaban J connectivity index is 1.65. The molecule has 27 heavy (non-hydrogen) atoms. The minimum absolute atomic E-state index is 0.00827. The average molecular weight is 366 g/mol. The summed E-state index contributed by atoms with van der Waals surface area (Å²) in [6.07, 6.45) is 2.95. The number of aromatic carboxylic acids is 1. The van der Waals surface area contributed by atoms with E-state index in [0.717, 1.165) is 12.8 Å². The molecule has 8 heteroatoms. The smallest absolute Gasteiger partial charge is 0.341 e. The molecule has 0 fully saturated rings. The van der Waals surface area contributed by atoms with Crippen LogP contribution in [0, 0.1) is 0 Å². The van der Waals surface area contributed by atoms with E-state index in [0.29, 0.717) is 0 Å². The molecule has 1 aliphatic carbocycles. The molecule has 0 unspecified atom stereocenters. The third kappa shape index (κ3) is 3.04. The number of aromatic nitrogens is 3. The molecule has 8 nitrogen and oxygen atoms in total. The van der Waals surface area contributed by atoms with E-state index in [1.54, 1.807) is 0 Å². The zero-order chi connectivity index (χ0) is 19.0. The zero-order valence-corrected chi connectivity index (χ0v) is 14.7. The summed E-state index contributed by atoms with van der Waals surface area (Å²) in [5.74, 6) is -1.48. The second-order valence-corrected chi connectivity index (χ2v) is 6.47. The number of carbonyl (C=O) groups excluding carboxylic acids is 1. The number of carboxylic acid groups (broad SMARTS) is 1. The number of hydrogen-bond acceptors (Lipinski definition) is 5. The molecular formula is C19H18N4O4. The van der Waals surface area contributed by atoms with E-state index in [2.05, 4.69) is 27.5 Å². The minimum Gasteiger partial charge on any atom is -0.477 e. The first-order valence-electron chi connectivity index (χ1n) is 8.55. The van der Waals surface area contributed by atoms with E-state index in [4.69, 9.17) is 4.74 Å². The van der Waals surface area contributed by atoms with Crippen molar-refractivity contribution in [1.82, 2.24) is 19.9 Å². The molecule has 1 aromatic carbocycles. The average Bonchev–Trinajstić information content (AvgIpc) is 3.21. The predicted molar refractivity (Wildman–Crippen MR) is 95.8 cm³/mol. The highest BCUT2D eigenvalue weighted by molar-refractivity contribution is 5.98. The Kier molecular flexibility index (Phi) is 4.33. The Morgan fingerprint density at radius 2 is 1.96 bits per heavy atom. The van der Waals surface area contributed by atoms with E-state index in [-0.39, 0.29) is 41.2 Å². The van der Waals surface area contributed by atoms with Gasteiger partial charge in [0.2, 0.25) is 0 Å². The fourth-order valence-electron chi connectivity index (χ4n) is 3.54. The molecule has 3 aromatic rings. The summed E-state index contributed by atoms with van der Waals surface area (Å²) in [5.41, 5.74) is 3.00. The molecule has 1 aliphatic rings. The van der Waals surface area contributed by atoms with Gasteiger partial charge in [0.1, 0.15) is 17.0 Å². The number of carbonyl (C=O) groups is 2. The highest BCUT2D eigenvalue weighted by Crippen LogP contribution is 2.22. The second kappa shape index (κ2) is 6.81. The van der Waals surface area contributed by atoms with Crippen LogP contribution in [-0.4, -0.2) is 44.7 Å². The predicted octanol–water partition coefficient (Wildman–Crippen LogP) is 1.47. The van der Waals surface area contributed by atoms with Crippen molar-refractivity contribution >= 4 is 17.5 Å². The molecule has 0 spiro atoms. The molecule has 0 saturated heterocycles. The summed E-state index contributed by atoms with van der Waals surface area (Å²) in [7, 11) is 1.45. The maximum absolute atomic E-state index is 12.8. The fourth-order valence-corrected chi connectivity index (χ4v) is 3.54. The van der Waals surface area contributed by atoms with Crippen LogP contribution in [-0.2, 0) is 24.2 Å². The first-order chi connectivity index (χ1) is 13.1. The number of benzene rings is 1. The van der Waals surface area contributed by atoms with Crippen molar-refractivity contribution in [2.45, 2.75) is 25.5 Å². The van der Waals surface area contributed by atoms with Crippen LogP contribution in [0.5, 0.6) is 0 Å². The Bertz CT molecular complexity index is 1020. The van der Waals surface area contributed by atoms with Crippen molar-refractivity contribution in [2.75, 3.05) is 7.11 Å². The normalized spacial score (nSPS) is 13.7. The molecule has 2 N–H and O–H groups in total. The first-order valence-corrected chi connectivity index (χ1v) is 8.55. The third-order valence-corrected chi connectivity index (χ3v) is 4.70. The van der Waals surface area contributed by atoms with Crippen molar-refractivity contribution < 1.29 is 19.4 Å². The largest absolute Gasteiger partial charge is 0.477 e. The molecular weight excluding hydrogens is 348 g/mol. The molecule has 2 heterocycles. The van der Waals surface area contributed by atoms with Crippen molar-refractivity contribution in [3.05, 3.63) is 64.6 Å². The Morgan fingerprint density at radius 3 is 2.59 bits per heavy atom. The van der Waals surface area contributed by atoms with E-state index in [1.165, 1.54) is 35.0 Å². The van der Waals surface area contributed by atoms with Crippen LogP contribution in [0.3, 0.4) is 0 Å². The molecule has 1 amide bonds. The molecule has 0 aliphatic heterocycles.